The summed E-state index contributed by atoms with van der Waals surface area (Å²) in [6.07, 6.45) is 0. The standard InChI is InChI=1S/C11H11Cl2N3/c1-5-3-7(12)11-9(10(5)13)8(16-14)4-6(2)15-11/h3-4H,14H2,1-2H3,(H,15,16). The molecule has 0 aliphatic heterocycles. The lowest BCUT2D eigenvalue weighted by molar-refractivity contribution is 1.24. The Morgan fingerprint density at radius 2 is 1.94 bits per heavy atom. The van der Waals surface area contributed by atoms with Crippen molar-refractivity contribution in [2.75, 3.05) is 5.43 Å². The van der Waals surface area contributed by atoms with Gasteiger partial charge in [0.25, 0.3) is 0 Å². The van der Waals surface area contributed by atoms with E-state index < -0.39 is 0 Å². The van der Waals surface area contributed by atoms with Crippen LogP contribution < -0.4 is 11.3 Å². The van der Waals surface area contributed by atoms with Gasteiger partial charge in [-0.25, -0.2) is 0 Å². The van der Waals surface area contributed by atoms with Gasteiger partial charge in [0.2, 0.25) is 0 Å². The SMILES string of the molecule is Cc1cc(NN)c2c(Cl)c(C)cc(Cl)c2n1. The molecule has 0 radical (unpaired) electrons. The highest BCUT2D eigenvalue weighted by Gasteiger charge is 2.12. The van der Waals surface area contributed by atoms with Crippen molar-refractivity contribution in [3.8, 4) is 0 Å². The third kappa shape index (κ3) is 1.71. The maximum atomic E-state index is 6.24. The number of pyridine rings is 1. The molecule has 0 aliphatic rings. The Hall–Kier alpha value is -1.03. The average molecular weight is 256 g/mol. The van der Waals surface area contributed by atoms with Crippen molar-refractivity contribution in [2.45, 2.75) is 13.8 Å². The molecule has 0 atom stereocenters. The van der Waals surface area contributed by atoms with Crippen LogP contribution in [0.3, 0.4) is 0 Å². The second kappa shape index (κ2) is 4.09. The number of nitrogen functional groups attached to an aromatic ring is 1. The van der Waals surface area contributed by atoms with Gasteiger partial charge in [-0.2, -0.15) is 0 Å². The fourth-order valence-electron chi connectivity index (χ4n) is 1.70. The van der Waals surface area contributed by atoms with E-state index in [9.17, 15) is 0 Å². The number of nitrogens with zero attached hydrogens (tertiary/aromatic N) is 1. The van der Waals surface area contributed by atoms with Gasteiger partial charge >= 0.3 is 0 Å². The third-order valence-electron chi connectivity index (χ3n) is 2.44. The number of anilines is 1. The second-order valence-corrected chi connectivity index (χ2v) is 4.45. The molecule has 0 amide bonds. The fraction of sp³-hybridized carbons (Fsp3) is 0.182. The summed E-state index contributed by atoms with van der Waals surface area (Å²) in [6, 6.07) is 3.64. The summed E-state index contributed by atoms with van der Waals surface area (Å²) in [5, 5.41) is 1.97. The number of aryl methyl sites for hydroxylation is 2. The smallest absolute Gasteiger partial charge is 0.0927 e. The van der Waals surface area contributed by atoms with Gasteiger partial charge < -0.3 is 5.43 Å². The average Bonchev–Trinajstić information content (AvgIpc) is 2.25. The molecule has 3 N–H and O–H groups in total. The first kappa shape index (κ1) is 11.5. The van der Waals surface area contributed by atoms with Crippen molar-refractivity contribution in [1.29, 1.82) is 0 Å². The maximum absolute atomic E-state index is 6.24. The van der Waals surface area contributed by atoms with E-state index in [1.54, 1.807) is 6.07 Å². The second-order valence-electron chi connectivity index (χ2n) is 3.67. The molecule has 0 bridgehead atoms. The largest absolute Gasteiger partial charge is 0.323 e. The van der Waals surface area contributed by atoms with E-state index in [4.69, 9.17) is 29.0 Å². The molecular weight excluding hydrogens is 245 g/mol. The minimum absolute atomic E-state index is 0.581. The lowest BCUT2D eigenvalue weighted by Gasteiger charge is -2.11. The number of nitrogens with two attached hydrogens (primary N) is 1. The van der Waals surface area contributed by atoms with Crippen LogP contribution in [0.25, 0.3) is 10.9 Å². The van der Waals surface area contributed by atoms with Crippen molar-refractivity contribution in [3.63, 3.8) is 0 Å². The quantitative estimate of drug-likeness (QED) is 0.607. The Morgan fingerprint density at radius 3 is 2.56 bits per heavy atom. The molecule has 1 aromatic carbocycles. The van der Waals surface area contributed by atoms with Crippen LogP contribution in [0.15, 0.2) is 12.1 Å². The van der Waals surface area contributed by atoms with Crippen molar-refractivity contribution in [3.05, 3.63) is 33.4 Å². The molecule has 1 heterocycles. The van der Waals surface area contributed by atoms with Gasteiger partial charge in [0.15, 0.2) is 0 Å². The molecule has 0 fully saturated rings. The zero-order valence-electron chi connectivity index (χ0n) is 8.94. The molecule has 0 unspecified atom stereocenters. The first-order valence-electron chi connectivity index (χ1n) is 4.77. The summed E-state index contributed by atoms with van der Waals surface area (Å²) >= 11 is 12.4. The first-order chi connectivity index (χ1) is 7.54. The van der Waals surface area contributed by atoms with Crippen molar-refractivity contribution < 1.29 is 0 Å². The molecule has 16 heavy (non-hydrogen) atoms. The van der Waals surface area contributed by atoms with Crippen molar-refractivity contribution in [2.24, 2.45) is 5.84 Å². The number of fused-ring (bicyclic) bond motifs is 1. The summed E-state index contributed by atoms with van der Waals surface area (Å²) in [4.78, 5) is 4.37. The Morgan fingerprint density at radius 1 is 1.25 bits per heavy atom. The number of rotatable bonds is 1. The number of halogens is 2. The molecule has 0 saturated carbocycles. The van der Waals surface area contributed by atoms with Gasteiger partial charge in [-0.3, -0.25) is 10.8 Å². The Kier molecular flexibility index (Phi) is 2.93. The predicted octanol–water partition coefficient (Wildman–Crippen LogP) is 3.44. The number of hydrogen-bond acceptors (Lipinski definition) is 3. The van der Waals surface area contributed by atoms with E-state index in [1.807, 2.05) is 19.9 Å². The minimum atomic E-state index is 0.581. The molecule has 1 aromatic heterocycles. The zero-order valence-corrected chi connectivity index (χ0v) is 10.4. The van der Waals surface area contributed by atoms with Crippen LogP contribution in [0.2, 0.25) is 10.0 Å². The van der Waals surface area contributed by atoms with Gasteiger partial charge in [-0.05, 0) is 31.5 Å². The van der Waals surface area contributed by atoms with Crippen LogP contribution in [-0.4, -0.2) is 4.98 Å². The third-order valence-corrected chi connectivity index (χ3v) is 3.21. The van der Waals surface area contributed by atoms with Crippen LogP contribution >= 0.6 is 23.2 Å². The predicted molar refractivity (Wildman–Crippen MR) is 69.0 cm³/mol. The zero-order chi connectivity index (χ0) is 11.9. The van der Waals surface area contributed by atoms with Gasteiger partial charge in [-0.1, -0.05) is 23.2 Å². The molecule has 84 valence electrons. The van der Waals surface area contributed by atoms with Crippen LogP contribution in [0, 0.1) is 13.8 Å². The Bertz CT molecular complexity index is 567. The van der Waals surface area contributed by atoms with Gasteiger partial charge in [0, 0.05) is 11.1 Å². The molecule has 0 spiro atoms. The molecule has 5 heteroatoms. The molecule has 2 aromatic rings. The maximum Gasteiger partial charge on any atom is 0.0927 e. The van der Waals surface area contributed by atoms with E-state index in [0.717, 1.165) is 22.3 Å². The van der Waals surface area contributed by atoms with E-state index in [0.29, 0.717) is 15.6 Å². The number of hydrogen-bond donors (Lipinski definition) is 2. The van der Waals surface area contributed by atoms with E-state index in [1.165, 1.54) is 0 Å². The van der Waals surface area contributed by atoms with Gasteiger partial charge in [-0.15, -0.1) is 0 Å². The molecular formula is C11H11Cl2N3. The number of benzene rings is 1. The minimum Gasteiger partial charge on any atom is -0.323 e. The number of nitrogens with one attached hydrogen (secondary N) is 1. The Balaban J connectivity index is 2.99. The summed E-state index contributed by atoms with van der Waals surface area (Å²) in [6.45, 7) is 3.78. The Labute approximate surface area is 104 Å². The summed E-state index contributed by atoms with van der Waals surface area (Å²) in [5.41, 5.74) is 5.77. The molecule has 3 nitrogen and oxygen atoms in total. The van der Waals surface area contributed by atoms with E-state index in [2.05, 4.69) is 10.4 Å². The van der Waals surface area contributed by atoms with E-state index in [-0.39, 0.29) is 0 Å². The van der Waals surface area contributed by atoms with E-state index >= 15 is 0 Å². The highest BCUT2D eigenvalue weighted by molar-refractivity contribution is 6.41. The van der Waals surface area contributed by atoms with Crippen LogP contribution in [0.1, 0.15) is 11.3 Å². The van der Waals surface area contributed by atoms with Crippen molar-refractivity contribution >= 4 is 39.8 Å². The summed E-state index contributed by atoms with van der Waals surface area (Å²) in [5.74, 6) is 5.47. The first-order valence-corrected chi connectivity index (χ1v) is 5.52. The fourth-order valence-corrected chi connectivity index (χ4v) is 2.25. The monoisotopic (exact) mass is 255 g/mol. The molecule has 0 saturated heterocycles. The van der Waals surface area contributed by atoms with Gasteiger partial charge in [0.05, 0.1) is 21.2 Å². The highest BCUT2D eigenvalue weighted by atomic mass is 35.5. The lowest BCUT2D eigenvalue weighted by Crippen LogP contribution is -2.08. The number of hydrazine groups is 1. The topological polar surface area (TPSA) is 50.9 Å². The van der Waals surface area contributed by atoms with Crippen LogP contribution in [0.5, 0.6) is 0 Å². The van der Waals surface area contributed by atoms with Crippen LogP contribution in [0.4, 0.5) is 5.69 Å². The molecule has 2 rings (SSSR count). The van der Waals surface area contributed by atoms with Gasteiger partial charge in [0.1, 0.15) is 0 Å². The molecule has 0 aliphatic carbocycles. The highest BCUT2D eigenvalue weighted by Crippen LogP contribution is 2.36. The van der Waals surface area contributed by atoms with Crippen molar-refractivity contribution in [1.82, 2.24) is 4.98 Å². The number of aromatic nitrogens is 1. The summed E-state index contributed by atoms with van der Waals surface area (Å²) < 4.78 is 0. The summed E-state index contributed by atoms with van der Waals surface area (Å²) in [7, 11) is 0. The normalized spacial score (nSPS) is 10.8. The lowest BCUT2D eigenvalue weighted by atomic mass is 10.1. The van der Waals surface area contributed by atoms with Crippen LogP contribution in [-0.2, 0) is 0 Å².